The summed E-state index contributed by atoms with van der Waals surface area (Å²) in [4.78, 5) is 21.9. The van der Waals surface area contributed by atoms with Gasteiger partial charge in [0.05, 0.1) is 5.56 Å². The van der Waals surface area contributed by atoms with Crippen molar-refractivity contribution < 1.29 is 9.53 Å². The van der Waals surface area contributed by atoms with Crippen molar-refractivity contribution in [1.82, 2.24) is 14.8 Å². The van der Waals surface area contributed by atoms with E-state index in [2.05, 4.69) is 9.88 Å². The van der Waals surface area contributed by atoms with Crippen LogP contribution < -0.4 is 4.74 Å². The van der Waals surface area contributed by atoms with Gasteiger partial charge in [-0.25, -0.2) is 4.98 Å². The van der Waals surface area contributed by atoms with Crippen LogP contribution in [0.2, 0.25) is 0 Å². The molecule has 0 radical (unpaired) electrons. The van der Waals surface area contributed by atoms with Crippen molar-refractivity contribution in [3.63, 3.8) is 0 Å². The van der Waals surface area contributed by atoms with Crippen LogP contribution in [0.4, 0.5) is 0 Å². The minimum Gasteiger partial charge on any atom is -0.474 e. The van der Waals surface area contributed by atoms with Gasteiger partial charge in [0.1, 0.15) is 6.10 Å². The lowest BCUT2D eigenvalue weighted by molar-refractivity contribution is 0.0749. The summed E-state index contributed by atoms with van der Waals surface area (Å²) in [5.74, 6) is 3.15. The number of carbonyl (C=O) groups excluding carboxylic acids is 1. The number of amides is 1. The Morgan fingerprint density at radius 3 is 2.70 bits per heavy atom. The van der Waals surface area contributed by atoms with Gasteiger partial charge in [0.15, 0.2) is 0 Å². The van der Waals surface area contributed by atoms with Crippen LogP contribution in [0.1, 0.15) is 55.3 Å². The molecule has 0 bridgehead atoms. The summed E-state index contributed by atoms with van der Waals surface area (Å²) in [5, 5.41) is 0. The molecule has 3 aliphatic rings. The lowest BCUT2D eigenvalue weighted by Gasteiger charge is -2.36. The lowest BCUT2D eigenvalue weighted by atomic mass is 9.91. The molecule has 3 fully saturated rings. The van der Waals surface area contributed by atoms with Crippen LogP contribution in [0.25, 0.3) is 0 Å². The molecule has 4 rings (SSSR count). The first-order valence-corrected chi connectivity index (χ1v) is 11.7. The van der Waals surface area contributed by atoms with Crippen LogP contribution in [0.15, 0.2) is 18.3 Å². The number of nitrogens with zero attached hydrogens (tertiary/aromatic N) is 3. The highest BCUT2D eigenvalue weighted by Crippen LogP contribution is 2.26. The highest BCUT2D eigenvalue weighted by Gasteiger charge is 2.28. The topological polar surface area (TPSA) is 45.7 Å². The second-order valence-corrected chi connectivity index (χ2v) is 9.16. The molecule has 0 spiro atoms. The third-order valence-electron chi connectivity index (χ3n) is 6.08. The molecule has 1 aromatic rings. The van der Waals surface area contributed by atoms with E-state index in [4.69, 9.17) is 4.74 Å². The monoisotopic (exact) mass is 389 g/mol. The van der Waals surface area contributed by atoms with Gasteiger partial charge in [-0.3, -0.25) is 9.69 Å². The van der Waals surface area contributed by atoms with Gasteiger partial charge in [0.2, 0.25) is 5.88 Å². The van der Waals surface area contributed by atoms with Gasteiger partial charge in [-0.05, 0) is 56.1 Å². The molecule has 1 aromatic heterocycles. The third kappa shape index (κ3) is 4.96. The lowest BCUT2D eigenvalue weighted by Crippen LogP contribution is -2.42. The number of pyridine rings is 1. The molecule has 0 aromatic carbocycles. The molecule has 3 heterocycles. The average Bonchev–Trinajstić information content (AvgIpc) is 3.04. The molecule has 27 heavy (non-hydrogen) atoms. The SMILES string of the molecule is O=C(c1ccc(OC2CCCSCC2)nc1)N1CCCN(C2CCC2)CC1. The fourth-order valence-electron chi connectivity index (χ4n) is 4.18. The molecule has 2 aliphatic heterocycles. The summed E-state index contributed by atoms with van der Waals surface area (Å²) in [5.41, 5.74) is 0.677. The number of ether oxygens (including phenoxy) is 1. The minimum atomic E-state index is 0.107. The maximum absolute atomic E-state index is 12.9. The maximum Gasteiger partial charge on any atom is 0.255 e. The summed E-state index contributed by atoms with van der Waals surface area (Å²) in [6.07, 6.45) is 10.4. The highest BCUT2D eigenvalue weighted by atomic mass is 32.2. The van der Waals surface area contributed by atoms with E-state index >= 15 is 0 Å². The number of thioether (sulfide) groups is 1. The smallest absolute Gasteiger partial charge is 0.255 e. The molecule has 1 saturated carbocycles. The molecule has 1 aliphatic carbocycles. The van der Waals surface area contributed by atoms with Crippen molar-refractivity contribution in [3.05, 3.63) is 23.9 Å². The van der Waals surface area contributed by atoms with E-state index < -0.39 is 0 Å². The summed E-state index contributed by atoms with van der Waals surface area (Å²) < 4.78 is 6.04. The Bertz CT molecular complexity index is 612. The fraction of sp³-hybridized carbons (Fsp3) is 0.714. The van der Waals surface area contributed by atoms with Crippen molar-refractivity contribution >= 4 is 17.7 Å². The number of hydrogen-bond acceptors (Lipinski definition) is 5. The normalized spacial score (nSPS) is 25.3. The Kier molecular flexibility index (Phi) is 6.56. The Morgan fingerprint density at radius 2 is 1.93 bits per heavy atom. The zero-order chi connectivity index (χ0) is 18.5. The number of hydrogen-bond donors (Lipinski definition) is 0. The zero-order valence-corrected chi connectivity index (χ0v) is 17.0. The van der Waals surface area contributed by atoms with Crippen molar-refractivity contribution in [2.75, 3.05) is 37.7 Å². The van der Waals surface area contributed by atoms with Gasteiger partial charge in [0, 0.05) is 44.5 Å². The zero-order valence-electron chi connectivity index (χ0n) is 16.1. The van der Waals surface area contributed by atoms with E-state index in [9.17, 15) is 4.79 Å². The summed E-state index contributed by atoms with van der Waals surface area (Å²) in [6.45, 7) is 3.80. The standard InChI is InChI=1S/C21H31N3O2S/c25-21(24-11-3-10-23(12-13-24)18-4-1-5-18)17-7-8-20(22-16-17)26-19-6-2-14-27-15-9-19/h7-8,16,18-19H,1-6,9-15H2. The molecule has 2 saturated heterocycles. The van der Waals surface area contributed by atoms with E-state index in [1.165, 1.54) is 31.4 Å². The van der Waals surface area contributed by atoms with E-state index in [0.717, 1.165) is 57.2 Å². The first-order valence-electron chi connectivity index (χ1n) is 10.5. The largest absolute Gasteiger partial charge is 0.474 e. The van der Waals surface area contributed by atoms with Crippen LogP contribution in [0, 0.1) is 0 Å². The fourth-order valence-corrected chi connectivity index (χ4v) is 5.18. The second-order valence-electron chi connectivity index (χ2n) is 7.93. The first-order chi connectivity index (χ1) is 13.3. The Hall–Kier alpha value is -1.27. The Labute approximate surface area is 166 Å². The first kappa shape index (κ1) is 19.1. The molecule has 148 valence electrons. The van der Waals surface area contributed by atoms with Gasteiger partial charge < -0.3 is 9.64 Å². The van der Waals surface area contributed by atoms with Crippen LogP contribution >= 0.6 is 11.8 Å². The maximum atomic E-state index is 12.9. The molecule has 1 unspecified atom stereocenters. The van der Waals surface area contributed by atoms with Crippen molar-refractivity contribution in [1.29, 1.82) is 0 Å². The predicted molar refractivity (Wildman–Crippen MR) is 110 cm³/mol. The van der Waals surface area contributed by atoms with E-state index in [-0.39, 0.29) is 12.0 Å². The van der Waals surface area contributed by atoms with E-state index in [1.54, 1.807) is 6.20 Å². The highest BCUT2D eigenvalue weighted by molar-refractivity contribution is 7.99. The second kappa shape index (κ2) is 9.28. The molecule has 1 amide bonds. The summed E-state index contributed by atoms with van der Waals surface area (Å²) in [7, 11) is 0. The van der Waals surface area contributed by atoms with E-state index in [0.29, 0.717) is 11.4 Å². The number of rotatable bonds is 4. The van der Waals surface area contributed by atoms with Crippen LogP contribution in [-0.4, -0.2) is 70.5 Å². The number of carbonyl (C=O) groups is 1. The molecule has 1 atom stereocenters. The van der Waals surface area contributed by atoms with Crippen molar-refractivity contribution in [3.8, 4) is 5.88 Å². The van der Waals surface area contributed by atoms with Gasteiger partial charge in [-0.1, -0.05) is 6.42 Å². The van der Waals surface area contributed by atoms with Gasteiger partial charge in [0.25, 0.3) is 5.91 Å². The van der Waals surface area contributed by atoms with Gasteiger partial charge >= 0.3 is 0 Å². The Morgan fingerprint density at radius 1 is 1.00 bits per heavy atom. The van der Waals surface area contributed by atoms with Crippen LogP contribution in [-0.2, 0) is 0 Å². The minimum absolute atomic E-state index is 0.107. The van der Waals surface area contributed by atoms with Gasteiger partial charge in [-0.15, -0.1) is 0 Å². The summed E-state index contributed by atoms with van der Waals surface area (Å²) in [6, 6.07) is 4.51. The van der Waals surface area contributed by atoms with Crippen LogP contribution in [0.5, 0.6) is 5.88 Å². The third-order valence-corrected chi connectivity index (χ3v) is 7.18. The molecule has 5 nitrogen and oxygen atoms in total. The molecular weight excluding hydrogens is 358 g/mol. The molecule has 0 N–H and O–H groups in total. The number of aromatic nitrogens is 1. The average molecular weight is 390 g/mol. The Balaban J connectivity index is 1.31. The van der Waals surface area contributed by atoms with Crippen LogP contribution in [0.3, 0.4) is 0 Å². The van der Waals surface area contributed by atoms with Gasteiger partial charge in [-0.2, -0.15) is 11.8 Å². The van der Waals surface area contributed by atoms with E-state index in [1.807, 2.05) is 28.8 Å². The van der Waals surface area contributed by atoms with Crippen molar-refractivity contribution in [2.24, 2.45) is 0 Å². The molecular formula is C21H31N3O2S. The quantitative estimate of drug-likeness (QED) is 0.789. The summed E-state index contributed by atoms with van der Waals surface area (Å²) >= 11 is 2.01. The predicted octanol–water partition coefficient (Wildman–Crippen LogP) is 3.45. The van der Waals surface area contributed by atoms with Crippen molar-refractivity contribution in [2.45, 2.75) is 57.1 Å². The molecule has 6 heteroatoms.